The summed E-state index contributed by atoms with van der Waals surface area (Å²) < 4.78 is 11.6. The van der Waals surface area contributed by atoms with Crippen molar-refractivity contribution in [2.45, 2.75) is 38.8 Å². The standard InChI is InChI=1S/C30H35N3O2/c1-2-27(22-8-4-3-5-9-22)30(23-11-14-26(15-12-23)34-19-17-31)24-13-16-28(25(20-24)21-32)33-29-10-6-7-18-35-29/h3-5,8-9,11-16,20-21,29,32-33H,2,6-7,10,17-19,31H2,1H3/b30-27+,32-21?. The Morgan fingerprint density at radius 1 is 1.03 bits per heavy atom. The molecule has 0 radical (unpaired) electrons. The molecule has 1 fully saturated rings. The van der Waals surface area contributed by atoms with Crippen molar-refractivity contribution in [1.82, 2.24) is 0 Å². The van der Waals surface area contributed by atoms with Gasteiger partial charge in [0.2, 0.25) is 0 Å². The van der Waals surface area contributed by atoms with Crippen LogP contribution in [0.1, 0.15) is 54.9 Å². The lowest BCUT2D eigenvalue weighted by Gasteiger charge is -2.25. The molecular weight excluding hydrogens is 434 g/mol. The summed E-state index contributed by atoms with van der Waals surface area (Å²) in [7, 11) is 0. The Hall–Kier alpha value is -3.41. The van der Waals surface area contributed by atoms with Crippen molar-refractivity contribution < 1.29 is 9.47 Å². The van der Waals surface area contributed by atoms with Crippen LogP contribution in [0.3, 0.4) is 0 Å². The van der Waals surface area contributed by atoms with Gasteiger partial charge in [0.15, 0.2) is 0 Å². The zero-order valence-electron chi connectivity index (χ0n) is 20.4. The van der Waals surface area contributed by atoms with Gasteiger partial charge in [0.05, 0.1) is 0 Å². The lowest BCUT2D eigenvalue weighted by atomic mass is 9.87. The van der Waals surface area contributed by atoms with E-state index in [1.54, 1.807) is 0 Å². The van der Waals surface area contributed by atoms with Gasteiger partial charge in [-0.05, 0) is 77.8 Å². The molecule has 1 saturated heterocycles. The zero-order chi connectivity index (χ0) is 24.5. The van der Waals surface area contributed by atoms with Crippen molar-refractivity contribution >= 4 is 23.0 Å². The highest BCUT2D eigenvalue weighted by Crippen LogP contribution is 2.36. The SMILES string of the molecule is CC/C(=C(/c1ccc(OCCN)cc1)c1ccc(NC2CCCCO2)c(C=N)c1)c1ccccc1. The summed E-state index contributed by atoms with van der Waals surface area (Å²) in [6.45, 7) is 3.95. The van der Waals surface area contributed by atoms with Crippen molar-refractivity contribution in [3.63, 3.8) is 0 Å². The van der Waals surface area contributed by atoms with Crippen molar-refractivity contribution in [3.05, 3.63) is 95.1 Å². The quantitative estimate of drug-likeness (QED) is 0.239. The molecule has 182 valence electrons. The molecule has 1 aliphatic rings. The van der Waals surface area contributed by atoms with Crippen molar-refractivity contribution in [2.24, 2.45) is 5.73 Å². The Balaban J connectivity index is 1.77. The Kier molecular flexibility index (Phi) is 8.71. The van der Waals surface area contributed by atoms with Gasteiger partial charge < -0.3 is 25.9 Å². The molecule has 0 aromatic heterocycles. The minimum absolute atomic E-state index is 0.0000934. The molecule has 0 aliphatic carbocycles. The van der Waals surface area contributed by atoms with Gasteiger partial charge >= 0.3 is 0 Å². The Labute approximate surface area is 208 Å². The molecule has 0 saturated carbocycles. The van der Waals surface area contributed by atoms with Gasteiger partial charge in [0, 0.05) is 30.6 Å². The molecule has 35 heavy (non-hydrogen) atoms. The van der Waals surface area contributed by atoms with Crippen LogP contribution in [-0.4, -0.2) is 32.2 Å². The number of rotatable bonds is 10. The predicted molar refractivity (Wildman–Crippen MR) is 145 cm³/mol. The maximum Gasteiger partial charge on any atom is 0.127 e. The molecule has 5 heteroatoms. The third-order valence-corrected chi connectivity index (χ3v) is 6.30. The van der Waals surface area contributed by atoms with Crippen molar-refractivity contribution in [1.29, 1.82) is 5.41 Å². The third-order valence-electron chi connectivity index (χ3n) is 6.30. The lowest BCUT2D eigenvalue weighted by Crippen LogP contribution is -2.27. The summed E-state index contributed by atoms with van der Waals surface area (Å²) in [6.07, 6.45) is 5.55. The van der Waals surface area contributed by atoms with Crippen LogP contribution >= 0.6 is 0 Å². The first-order chi connectivity index (χ1) is 17.2. The van der Waals surface area contributed by atoms with Crippen molar-refractivity contribution in [3.8, 4) is 5.75 Å². The second kappa shape index (κ2) is 12.3. The molecule has 5 nitrogen and oxygen atoms in total. The average Bonchev–Trinajstić information content (AvgIpc) is 2.92. The second-order valence-corrected chi connectivity index (χ2v) is 8.68. The van der Waals surface area contributed by atoms with E-state index in [1.165, 1.54) is 17.4 Å². The number of nitrogens with one attached hydrogen (secondary N) is 2. The highest BCUT2D eigenvalue weighted by atomic mass is 16.5. The normalized spacial score (nSPS) is 16.3. The van der Waals surface area contributed by atoms with Crippen LogP contribution in [0, 0.1) is 5.41 Å². The summed E-state index contributed by atoms with van der Waals surface area (Å²) in [6, 6.07) is 25.0. The Morgan fingerprint density at radius 2 is 1.80 bits per heavy atom. The molecule has 1 unspecified atom stereocenters. The van der Waals surface area contributed by atoms with E-state index in [0.29, 0.717) is 13.2 Å². The molecule has 0 spiro atoms. The van der Waals surface area contributed by atoms with Crippen LogP contribution in [0.4, 0.5) is 5.69 Å². The fraction of sp³-hybridized carbons (Fsp3) is 0.300. The molecule has 0 bridgehead atoms. The molecule has 4 rings (SSSR count). The molecular formula is C30H35N3O2. The van der Waals surface area contributed by atoms with Gasteiger partial charge in [-0.2, -0.15) is 0 Å². The van der Waals surface area contributed by atoms with Gasteiger partial charge in [-0.3, -0.25) is 0 Å². The van der Waals surface area contributed by atoms with E-state index in [9.17, 15) is 0 Å². The molecule has 1 heterocycles. The van der Waals surface area contributed by atoms with E-state index < -0.39 is 0 Å². The maximum atomic E-state index is 8.10. The average molecular weight is 470 g/mol. The largest absolute Gasteiger partial charge is 0.492 e. The monoisotopic (exact) mass is 469 g/mol. The number of ether oxygens (including phenoxy) is 2. The molecule has 1 atom stereocenters. The molecule has 4 N–H and O–H groups in total. The molecule has 3 aromatic carbocycles. The minimum atomic E-state index is -0.0000934. The summed E-state index contributed by atoms with van der Waals surface area (Å²) >= 11 is 0. The van der Waals surface area contributed by atoms with Crippen molar-refractivity contribution in [2.75, 3.05) is 25.1 Å². The number of hydrogen-bond donors (Lipinski definition) is 3. The fourth-order valence-corrected chi connectivity index (χ4v) is 4.57. The summed E-state index contributed by atoms with van der Waals surface area (Å²) in [4.78, 5) is 0. The highest BCUT2D eigenvalue weighted by Gasteiger charge is 2.17. The highest BCUT2D eigenvalue weighted by molar-refractivity contribution is 6.00. The van der Waals surface area contributed by atoms with Gasteiger partial charge in [0.25, 0.3) is 0 Å². The Morgan fingerprint density at radius 3 is 2.46 bits per heavy atom. The fourth-order valence-electron chi connectivity index (χ4n) is 4.57. The summed E-state index contributed by atoms with van der Waals surface area (Å²) in [5.74, 6) is 0.809. The summed E-state index contributed by atoms with van der Waals surface area (Å²) in [5.41, 5.74) is 13.2. The number of hydrogen-bond acceptors (Lipinski definition) is 5. The van der Waals surface area contributed by atoms with E-state index in [1.807, 2.05) is 18.2 Å². The zero-order valence-corrected chi connectivity index (χ0v) is 20.4. The first-order valence-corrected chi connectivity index (χ1v) is 12.5. The van der Waals surface area contributed by atoms with Gasteiger partial charge in [-0.15, -0.1) is 0 Å². The van der Waals surface area contributed by atoms with Crippen LogP contribution in [0.5, 0.6) is 5.75 Å². The smallest absolute Gasteiger partial charge is 0.127 e. The summed E-state index contributed by atoms with van der Waals surface area (Å²) in [5, 5.41) is 11.6. The molecule has 1 aliphatic heterocycles. The minimum Gasteiger partial charge on any atom is -0.492 e. The maximum absolute atomic E-state index is 8.10. The van der Waals surface area contributed by atoms with Crippen LogP contribution in [0.2, 0.25) is 0 Å². The number of allylic oxidation sites excluding steroid dienone is 1. The first-order valence-electron chi connectivity index (χ1n) is 12.5. The number of anilines is 1. The number of benzene rings is 3. The number of nitrogens with two attached hydrogens (primary N) is 1. The van der Waals surface area contributed by atoms with Gasteiger partial charge in [-0.1, -0.05) is 55.5 Å². The Bertz CT molecular complexity index is 1130. The first kappa shape index (κ1) is 24.7. The topological polar surface area (TPSA) is 80.4 Å². The second-order valence-electron chi connectivity index (χ2n) is 8.68. The van der Waals surface area contributed by atoms with E-state index in [2.05, 4.69) is 66.8 Å². The lowest BCUT2D eigenvalue weighted by molar-refractivity contribution is 0.0343. The van der Waals surface area contributed by atoms with E-state index in [-0.39, 0.29) is 6.23 Å². The van der Waals surface area contributed by atoms with E-state index >= 15 is 0 Å². The predicted octanol–water partition coefficient (Wildman–Crippen LogP) is 6.33. The van der Waals surface area contributed by atoms with Crippen LogP contribution in [-0.2, 0) is 4.74 Å². The van der Waals surface area contributed by atoms with Crippen LogP contribution < -0.4 is 15.8 Å². The van der Waals surface area contributed by atoms with E-state index in [0.717, 1.165) is 66.0 Å². The van der Waals surface area contributed by atoms with Crippen LogP contribution in [0.15, 0.2) is 72.8 Å². The van der Waals surface area contributed by atoms with E-state index in [4.69, 9.17) is 20.6 Å². The molecule has 0 amide bonds. The van der Waals surface area contributed by atoms with Gasteiger partial charge in [0.1, 0.15) is 18.6 Å². The van der Waals surface area contributed by atoms with Crippen LogP contribution in [0.25, 0.3) is 11.1 Å². The third kappa shape index (κ3) is 6.18. The van der Waals surface area contributed by atoms with Gasteiger partial charge in [-0.25, -0.2) is 0 Å². The molecule has 3 aromatic rings.